The molecule has 21 heteroatoms. The second-order valence-corrected chi connectivity index (χ2v) is 13.2. The summed E-state index contributed by atoms with van der Waals surface area (Å²) in [5.74, 6) is -0.117. The van der Waals surface area contributed by atoms with E-state index >= 15 is 0 Å². The third-order valence-electron chi connectivity index (χ3n) is 7.97. The largest absolute Gasteiger partial charge is 0.408 e. The van der Waals surface area contributed by atoms with E-state index in [9.17, 15) is 29.2 Å². The maximum Gasteiger partial charge on any atom is 0.408 e. The van der Waals surface area contributed by atoms with Crippen molar-refractivity contribution >= 4 is 24.9 Å². The van der Waals surface area contributed by atoms with Gasteiger partial charge in [-0.3, -0.25) is 37.7 Å². The Kier molecular flexibility index (Phi) is 9.27. The molecule has 0 saturated carbocycles. The summed E-state index contributed by atoms with van der Waals surface area (Å²) in [6.45, 7) is 1.27. The van der Waals surface area contributed by atoms with E-state index in [0.717, 1.165) is 4.57 Å². The van der Waals surface area contributed by atoms with Gasteiger partial charge in [0.1, 0.15) is 30.8 Å². The van der Waals surface area contributed by atoms with E-state index in [0.29, 0.717) is 13.2 Å². The smallest absolute Gasteiger partial charge is 0.394 e. The fraction of sp³-hybridized carbons (Fsp3) is 0.640. The molecule has 3 fully saturated rings. The molecule has 3 saturated heterocycles. The van der Waals surface area contributed by atoms with Crippen LogP contribution in [0.2, 0.25) is 0 Å². The van der Waals surface area contributed by atoms with Crippen molar-refractivity contribution in [2.75, 3.05) is 45.8 Å². The van der Waals surface area contributed by atoms with Crippen molar-refractivity contribution < 1.29 is 42.8 Å². The second-order valence-electron chi connectivity index (χ2n) is 11.2. The quantitative estimate of drug-likeness (QED) is 0.142. The van der Waals surface area contributed by atoms with Gasteiger partial charge in [-0.05, 0) is 14.0 Å². The molecule has 6 rings (SSSR count). The molecule has 0 spiro atoms. The van der Waals surface area contributed by atoms with Gasteiger partial charge in [0.2, 0.25) is 5.95 Å². The number of nitrogens with zero attached hydrogens (tertiary/aromatic N) is 5. The van der Waals surface area contributed by atoms with Crippen molar-refractivity contribution in [3.63, 3.8) is 0 Å². The minimum Gasteiger partial charge on any atom is -0.394 e. The fourth-order valence-corrected chi connectivity index (χ4v) is 7.16. The summed E-state index contributed by atoms with van der Waals surface area (Å²) < 4.78 is 53.2. The SMILES string of the molecule is Cc1cn(C2CC(OP(=O)(OCC3OC(n4cnc5c(=O)[nH]c(N)nc54)CC3O)N(C)CC3OCCO3)C(CO)O2)c(=O)[nH]c1=O. The van der Waals surface area contributed by atoms with Gasteiger partial charge in [0, 0.05) is 24.6 Å². The lowest BCUT2D eigenvalue weighted by Gasteiger charge is -2.32. The zero-order chi connectivity index (χ0) is 32.7. The summed E-state index contributed by atoms with van der Waals surface area (Å²) >= 11 is 0. The monoisotopic (exact) mass is 670 g/mol. The van der Waals surface area contributed by atoms with E-state index in [1.54, 1.807) is 0 Å². The minimum atomic E-state index is -4.27. The van der Waals surface area contributed by atoms with E-state index in [1.165, 1.54) is 35.7 Å². The summed E-state index contributed by atoms with van der Waals surface area (Å²) in [5.41, 5.74) is 4.36. The predicted molar refractivity (Wildman–Crippen MR) is 156 cm³/mol. The number of aromatic amines is 2. The Morgan fingerprint density at radius 2 is 1.83 bits per heavy atom. The Morgan fingerprint density at radius 3 is 2.57 bits per heavy atom. The average molecular weight is 671 g/mol. The maximum absolute atomic E-state index is 14.5. The molecule has 6 N–H and O–H groups in total. The van der Waals surface area contributed by atoms with Crippen LogP contribution in [0, 0.1) is 6.92 Å². The number of anilines is 1. The lowest BCUT2D eigenvalue weighted by molar-refractivity contribution is -0.0651. The van der Waals surface area contributed by atoms with Crippen LogP contribution in [0.1, 0.15) is 30.9 Å². The Bertz CT molecular complexity index is 1790. The van der Waals surface area contributed by atoms with Crippen LogP contribution in [-0.4, -0.2) is 115 Å². The van der Waals surface area contributed by atoms with E-state index < -0.39 is 80.9 Å². The number of nitrogens with two attached hydrogens (primary N) is 1. The van der Waals surface area contributed by atoms with E-state index in [1.807, 2.05) is 0 Å². The Hall–Kier alpha value is -3.30. The van der Waals surface area contributed by atoms with Gasteiger partial charge in [-0.15, -0.1) is 0 Å². The molecule has 0 aliphatic carbocycles. The summed E-state index contributed by atoms with van der Waals surface area (Å²) in [5, 5.41) is 20.9. The summed E-state index contributed by atoms with van der Waals surface area (Å²) in [6, 6.07) is 0. The van der Waals surface area contributed by atoms with Gasteiger partial charge in [-0.25, -0.2) is 19.0 Å². The van der Waals surface area contributed by atoms with Crippen LogP contribution in [0.5, 0.6) is 0 Å². The molecule has 252 valence electrons. The number of ether oxygens (including phenoxy) is 4. The molecule has 0 amide bonds. The number of likely N-dealkylation sites (N-methyl/N-ethyl adjacent to an activating group) is 1. The molecule has 3 aliphatic rings. The number of nitrogen functional groups attached to an aromatic ring is 1. The second kappa shape index (κ2) is 13.1. The summed E-state index contributed by atoms with van der Waals surface area (Å²) in [7, 11) is -2.79. The summed E-state index contributed by atoms with van der Waals surface area (Å²) in [4.78, 5) is 49.3. The first-order valence-corrected chi connectivity index (χ1v) is 16.0. The first kappa shape index (κ1) is 32.6. The molecule has 7 unspecified atom stereocenters. The molecule has 3 aromatic heterocycles. The third-order valence-corrected chi connectivity index (χ3v) is 9.99. The Morgan fingerprint density at radius 1 is 1.11 bits per heavy atom. The highest BCUT2D eigenvalue weighted by atomic mass is 31.2. The number of hydrogen-bond acceptors (Lipinski definition) is 15. The van der Waals surface area contributed by atoms with Gasteiger partial charge in [0.15, 0.2) is 17.5 Å². The molecule has 3 aromatic rings. The molecule has 46 heavy (non-hydrogen) atoms. The standard InChI is InChI=1S/C25H35N8O12P/c1-12-7-32(25(38)30-22(12)36)18-6-14(15(9-34)43-18)45-46(39,31(2)8-19-40-3-4-41-19)42-10-16-13(35)5-17(44-16)33-11-27-20-21(33)28-24(26)29-23(20)37/h7,11,13-19,34-35H,3-6,8-10H2,1-2H3,(H,30,36,38)(H3,26,28,29,37). The lowest BCUT2D eigenvalue weighted by atomic mass is 10.2. The molecule has 0 bridgehead atoms. The van der Waals surface area contributed by atoms with Crippen LogP contribution in [0.15, 0.2) is 26.9 Å². The number of fused-ring (bicyclic) bond motifs is 1. The third kappa shape index (κ3) is 6.45. The molecule has 6 heterocycles. The van der Waals surface area contributed by atoms with Crippen molar-refractivity contribution in [3.05, 3.63) is 49.3 Å². The molecular weight excluding hydrogens is 635 g/mol. The van der Waals surface area contributed by atoms with Gasteiger partial charge in [0.05, 0.1) is 45.4 Å². The lowest BCUT2D eigenvalue weighted by Crippen LogP contribution is -2.35. The van der Waals surface area contributed by atoms with E-state index in [2.05, 4.69) is 19.9 Å². The van der Waals surface area contributed by atoms with Crippen LogP contribution < -0.4 is 22.5 Å². The van der Waals surface area contributed by atoms with Crippen molar-refractivity contribution in [3.8, 4) is 0 Å². The molecule has 7 atom stereocenters. The Labute approximate surface area is 259 Å². The van der Waals surface area contributed by atoms with Crippen molar-refractivity contribution in [1.82, 2.24) is 33.7 Å². The van der Waals surface area contributed by atoms with E-state index in [4.69, 9.17) is 33.7 Å². The highest BCUT2D eigenvalue weighted by Crippen LogP contribution is 2.55. The number of aliphatic hydroxyl groups is 2. The molecule has 0 aromatic carbocycles. The minimum absolute atomic E-state index is 0.0178. The first-order chi connectivity index (χ1) is 22.0. The van der Waals surface area contributed by atoms with Gasteiger partial charge in [-0.1, -0.05) is 0 Å². The average Bonchev–Trinajstić information content (AvgIpc) is 3.81. The number of nitrogens with one attached hydrogen (secondary N) is 2. The number of H-pyrrole nitrogens is 2. The zero-order valence-electron chi connectivity index (χ0n) is 24.9. The fourth-order valence-electron chi connectivity index (χ4n) is 5.51. The van der Waals surface area contributed by atoms with Crippen LogP contribution >= 0.6 is 7.75 Å². The number of aromatic nitrogens is 6. The molecule has 20 nitrogen and oxygen atoms in total. The number of imidazole rings is 1. The number of hydrogen-bond donors (Lipinski definition) is 5. The zero-order valence-corrected chi connectivity index (χ0v) is 25.8. The first-order valence-electron chi connectivity index (χ1n) is 14.5. The maximum atomic E-state index is 14.5. The number of aryl methyl sites for hydroxylation is 1. The topological polar surface area (TPSA) is 261 Å². The molecule has 0 radical (unpaired) electrons. The van der Waals surface area contributed by atoms with E-state index in [-0.39, 0.29) is 42.1 Å². The molecular formula is C25H35N8O12P. The number of aliphatic hydroxyl groups excluding tert-OH is 2. The normalized spacial score (nSPS) is 28.5. The van der Waals surface area contributed by atoms with Gasteiger partial charge in [-0.2, -0.15) is 4.98 Å². The van der Waals surface area contributed by atoms with Crippen molar-refractivity contribution in [2.45, 2.75) is 62.9 Å². The van der Waals surface area contributed by atoms with Crippen LogP contribution in [0.25, 0.3) is 11.2 Å². The Balaban J connectivity index is 1.20. The van der Waals surface area contributed by atoms with Crippen LogP contribution in [-0.2, 0) is 32.6 Å². The predicted octanol–water partition coefficient (Wildman–Crippen LogP) is -1.70. The van der Waals surface area contributed by atoms with Crippen molar-refractivity contribution in [1.29, 1.82) is 0 Å². The van der Waals surface area contributed by atoms with Crippen molar-refractivity contribution in [2.24, 2.45) is 0 Å². The number of rotatable bonds is 11. The molecule has 3 aliphatic heterocycles. The van der Waals surface area contributed by atoms with Crippen LogP contribution in [0.3, 0.4) is 0 Å². The highest BCUT2D eigenvalue weighted by molar-refractivity contribution is 7.51. The highest BCUT2D eigenvalue weighted by Gasteiger charge is 2.46. The van der Waals surface area contributed by atoms with Gasteiger partial charge >= 0.3 is 13.4 Å². The van der Waals surface area contributed by atoms with Gasteiger partial charge < -0.3 is 34.9 Å². The van der Waals surface area contributed by atoms with Gasteiger partial charge in [0.25, 0.3) is 11.1 Å². The summed E-state index contributed by atoms with van der Waals surface area (Å²) in [6.07, 6.45) is -3.87. The van der Waals surface area contributed by atoms with Crippen LogP contribution in [0.4, 0.5) is 5.95 Å².